The number of nitrogens with zero attached hydrogens (tertiary/aromatic N) is 1. The lowest BCUT2D eigenvalue weighted by Crippen LogP contribution is -2.39. The molecule has 1 heterocycles. The number of hydrogen-bond acceptors (Lipinski definition) is 3. The Bertz CT molecular complexity index is 439. The average molecular weight is 290 g/mol. The van der Waals surface area contributed by atoms with E-state index in [1.807, 2.05) is 0 Å². The van der Waals surface area contributed by atoms with Gasteiger partial charge in [-0.3, -0.25) is 0 Å². The van der Waals surface area contributed by atoms with E-state index in [1.54, 1.807) is 7.11 Å². The predicted octanol–water partition coefficient (Wildman–Crippen LogP) is 3.09. The molecule has 0 aromatic heterocycles. The summed E-state index contributed by atoms with van der Waals surface area (Å²) in [6.07, 6.45) is 2.27. The summed E-state index contributed by atoms with van der Waals surface area (Å²) in [5, 5.41) is 3.64. The first-order valence-corrected chi connectivity index (χ1v) is 8.06. The lowest BCUT2D eigenvalue weighted by molar-refractivity contribution is 0.202. The molecule has 3 heteroatoms. The third-order valence-corrected chi connectivity index (χ3v) is 4.11. The number of ether oxygens (including phenoxy) is 1. The first kappa shape index (κ1) is 16.3. The van der Waals surface area contributed by atoms with Crippen LogP contribution in [0.5, 0.6) is 0 Å². The molecule has 21 heavy (non-hydrogen) atoms. The number of nitrogens with one attached hydrogen (secondary N) is 1. The largest absolute Gasteiger partial charge is 0.384 e. The molecule has 1 aromatic rings. The van der Waals surface area contributed by atoms with Crippen LogP contribution in [0.2, 0.25) is 0 Å². The fourth-order valence-electron chi connectivity index (χ4n) is 2.91. The molecule has 1 aliphatic rings. The Hall–Kier alpha value is -1.06. The zero-order chi connectivity index (χ0) is 15.3. The van der Waals surface area contributed by atoms with Crippen molar-refractivity contribution in [3.8, 4) is 0 Å². The summed E-state index contributed by atoms with van der Waals surface area (Å²) in [6.45, 7) is 10.9. The predicted molar refractivity (Wildman–Crippen MR) is 90.1 cm³/mol. The van der Waals surface area contributed by atoms with Crippen molar-refractivity contribution in [2.24, 2.45) is 5.92 Å². The van der Waals surface area contributed by atoms with Crippen molar-refractivity contribution >= 4 is 5.69 Å². The minimum absolute atomic E-state index is 0.212. The van der Waals surface area contributed by atoms with Crippen LogP contribution in [0.15, 0.2) is 24.3 Å². The molecule has 1 aliphatic heterocycles. The molecule has 0 saturated carbocycles. The summed E-state index contributed by atoms with van der Waals surface area (Å²) < 4.78 is 5.23. The number of benzene rings is 1. The van der Waals surface area contributed by atoms with Crippen LogP contribution in [0.1, 0.15) is 32.8 Å². The maximum Gasteiger partial charge on any atom is 0.0503 e. The molecule has 1 fully saturated rings. The van der Waals surface area contributed by atoms with Gasteiger partial charge in [0, 0.05) is 38.0 Å². The van der Waals surface area contributed by atoms with Crippen LogP contribution < -0.4 is 10.2 Å². The molecular formula is C18H30N2O. The maximum absolute atomic E-state index is 5.23. The molecule has 0 radical (unpaired) electrons. The first-order chi connectivity index (χ1) is 9.99. The Morgan fingerprint density at radius 2 is 2.05 bits per heavy atom. The number of rotatable bonds is 6. The Balaban J connectivity index is 1.94. The highest BCUT2D eigenvalue weighted by Crippen LogP contribution is 2.27. The minimum Gasteiger partial charge on any atom is -0.384 e. The second kappa shape index (κ2) is 7.28. The van der Waals surface area contributed by atoms with Crippen LogP contribution in [-0.4, -0.2) is 38.9 Å². The van der Waals surface area contributed by atoms with Gasteiger partial charge in [0.1, 0.15) is 0 Å². The van der Waals surface area contributed by atoms with Crippen molar-refractivity contribution in [2.75, 3.05) is 38.3 Å². The molecule has 1 atom stereocenters. The van der Waals surface area contributed by atoms with Crippen molar-refractivity contribution < 1.29 is 4.74 Å². The topological polar surface area (TPSA) is 24.5 Å². The van der Waals surface area contributed by atoms with Gasteiger partial charge in [0.05, 0.1) is 6.61 Å². The summed E-state index contributed by atoms with van der Waals surface area (Å²) >= 11 is 0. The fraction of sp³-hybridized carbons (Fsp3) is 0.667. The highest BCUT2D eigenvalue weighted by molar-refractivity contribution is 5.54. The van der Waals surface area contributed by atoms with Crippen molar-refractivity contribution in [3.63, 3.8) is 0 Å². The number of methoxy groups -OCH3 is 1. The summed E-state index contributed by atoms with van der Waals surface area (Å²) in [5.74, 6) is 0.750. The smallest absolute Gasteiger partial charge is 0.0503 e. The molecular weight excluding hydrogens is 260 g/mol. The van der Waals surface area contributed by atoms with E-state index in [2.05, 4.69) is 55.3 Å². The fourth-order valence-corrected chi connectivity index (χ4v) is 2.91. The summed E-state index contributed by atoms with van der Waals surface area (Å²) in [4.78, 5) is 2.54. The second-order valence-corrected chi connectivity index (χ2v) is 7.10. The van der Waals surface area contributed by atoms with E-state index in [-0.39, 0.29) is 5.54 Å². The zero-order valence-corrected chi connectivity index (χ0v) is 14.0. The molecule has 118 valence electrons. The minimum atomic E-state index is 0.212. The van der Waals surface area contributed by atoms with Gasteiger partial charge in [-0.1, -0.05) is 18.2 Å². The monoisotopic (exact) mass is 290 g/mol. The highest BCUT2D eigenvalue weighted by Gasteiger charge is 2.25. The van der Waals surface area contributed by atoms with Gasteiger partial charge in [0.25, 0.3) is 0 Å². The number of hydrogen-bond donors (Lipinski definition) is 1. The van der Waals surface area contributed by atoms with Gasteiger partial charge in [-0.2, -0.15) is 0 Å². The molecule has 0 spiro atoms. The van der Waals surface area contributed by atoms with Crippen molar-refractivity contribution in [3.05, 3.63) is 29.8 Å². The standard InChI is InChI=1S/C18H30N2O/c1-18(2,3)19-13-15-9-11-20(14-15)17-8-6-5-7-16(17)10-12-21-4/h5-8,15,19H,9-14H2,1-4H3. The zero-order valence-electron chi connectivity index (χ0n) is 14.0. The Morgan fingerprint density at radius 3 is 2.76 bits per heavy atom. The molecule has 3 nitrogen and oxygen atoms in total. The van der Waals surface area contributed by atoms with E-state index in [0.717, 1.165) is 32.0 Å². The van der Waals surface area contributed by atoms with Crippen molar-refractivity contribution in [2.45, 2.75) is 39.2 Å². The van der Waals surface area contributed by atoms with Crippen molar-refractivity contribution in [1.29, 1.82) is 0 Å². The summed E-state index contributed by atoms with van der Waals surface area (Å²) in [7, 11) is 1.77. The van der Waals surface area contributed by atoms with E-state index < -0.39 is 0 Å². The molecule has 2 rings (SSSR count). The summed E-state index contributed by atoms with van der Waals surface area (Å²) in [6, 6.07) is 8.76. The van der Waals surface area contributed by atoms with Crippen LogP contribution in [0, 0.1) is 5.92 Å². The number of anilines is 1. The maximum atomic E-state index is 5.23. The quantitative estimate of drug-likeness (QED) is 0.871. The third-order valence-electron chi connectivity index (χ3n) is 4.11. The van der Waals surface area contributed by atoms with E-state index >= 15 is 0 Å². The van der Waals surface area contributed by atoms with E-state index in [4.69, 9.17) is 4.74 Å². The van der Waals surface area contributed by atoms with Gasteiger partial charge in [0.15, 0.2) is 0 Å². The molecule has 1 aromatic carbocycles. The SMILES string of the molecule is COCCc1ccccc1N1CCC(CNC(C)(C)C)C1. The highest BCUT2D eigenvalue weighted by atomic mass is 16.5. The lowest BCUT2D eigenvalue weighted by Gasteiger charge is -2.25. The molecule has 1 unspecified atom stereocenters. The first-order valence-electron chi connectivity index (χ1n) is 8.06. The Kier molecular flexibility index (Phi) is 5.65. The molecule has 0 amide bonds. The normalized spacial score (nSPS) is 19.2. The van der Waals surface area contributed by atoms with Gasteiger partial charge in [-0.15, -0.1) is 0 Å². The van der Waals surface area contributed by atoms with Crippen LogP contribution in [0.25, 0.3) is 0 Å². The second-order valence-electron chi connectivity index (χ2n) is 7.10. The van der Waals surface area contributed by atoms with Crippen LogP contribution in [0.3, 0.4) is 0 Å². The molecule has 0 aliphatic carbocycles. The van der Waals surface area contributed by atoms with Crippen molar-refractivity contribution in [1.82, 2.24) is 5.32 Å². The van der Waals surface area contributed by atoms with Crippen LogP contribution in [-0.2, 0) is 11.2 Å². The van der Waals surface area contributed by atoms with Gasteiger partial charge >= 0.3 is 0 Å². The lowest BCUT2D eigenvalue weighted by atomic mass is 10.1. The summed E-state index contributed by atoms with van der Waals surface area (Å²) in [5.41, 5.74) is 3.01. The van der Waals surface area contributed by atoms with Gasteiger partial charge in [-0.25, -0.2) is 0 Å². The van der Waals surface area contributed by atoms with E-state index in [9.17, 15) is 0 Å². The van der Waals surface area contributed by atoms with E-state index in [0.29, 0.717) is 0 Å². The Labute approximate surface area is 129 Å². The van der Waals surface area contributed by atoms with Gasteiger partial charge in [0.2, 0.25) is 0 Å². The van der Waals surface area contributed by atoms with Crippen LogP contribution in [0.4, 0.5) is 5.69 Å². The van der Waals surface area contributed by atoms with Gasteiger partial charge in [-0.05, 0) is 51.2 Å². The third kappa shape index (κ3) is 5.01. The van der Waals surface area contributed by atoms with E-state index in [1.165, 1.54) is 24.2 Å². The number of para-hydroxylation sites is 1. The molecule has 1 N–H and O–H groups in total. The molecule has 0 bridgehead atoms. The van der Waals surface area contributed by atoms with Crippen LogP contribution >= 0.6 is 0 Å². The van der Waals surface area contributed by atoms with Gasteiger partial charge < -0.3 is 15.0 Å². The molecule has 1 saturated heterocycles. The average Bonchev–Trinajstić information content (AvgIpc) is 2.91. The Morgan fingerprint density at radius 1 is 1.29 bits per heavy atom.